The molecule has 0 saturated carbocycles. The van der Waals surface area contributed by atoms with Crippen LogP contribution in [0.25, 0.3) is 15.9 Å². The van der Waals surface area contributed by atoms with Gasteiger partial charge in [-0.05, 0) is 24.3 Å². The van der Waals surface area contributed by atoms with E-state index < -0.39 is 0 Å². The summed E-state index contributed by atoms with van der Waals surface area (Å²) in [6.07, 6.45) is 4.00. The summed E-state index contributed by atoms with van der Waals surface area (Å²) in [5.74, 6) is 0.649. The van der Waals surface area contributed by atoms with E-state index in [1.165, 1.54) is 10.4 Å². The van der Waals surface area contributed by atoms with Gasteiger partial charge in [-0.1, -0.05) is 30.0 Å². The van der Waals surface area contributed by atoms with Crippen LogP contribution in [0.15, 0.2) is 59.2 Å². The third kappa shape index (κ3) is 4.01. The van der Waals surface area contributed by atoms with Crippen LogP contribution >= 0.6 is 23.1 Å². The maximum absolute atomic E-state index is 12.6. The first-order chi connectivity index (χ1) is 14.3. The van der Waals surface area contributed by atoms with Gasteiger partial charge in [0.15, 0.2) is 4.34 Å². The summed E-state index contributed by atoms with van der Waals surface area (Å²) in [5, 5.41) is 0. The van der Waals surface area contributed by atoms with Crippen LogP contribution in [-0.2, 0) is 11.3 Å². The number of carbonyl (C=O) groups is 1. The minimum Gasteiger partial charge on any atom is -0.339 e. The molecule has 5 rings (SSSR count). The van der Waals surface area contributed by atoms with E-state index in [2.05, 4.69) is 31.5 Å². The highest BCUT2D eigenvalue weighted by Gasteiger charge is 2.22. The van der Waals surface area contributed by atoms with Crippen LogP contribution in [-0.4, -0.2) is 62.0 Å². The second kappa shape index (κ2) is 8.14. The van der Waals surface area contributed by atoms with Crippen LogP contribution < -0.4 is 0 Å². The third-order valence-corrected chi connectivity index (χ3v) is 7.36. The number of aromatic nitrogens is 3. The van der Waals surface area contributed by atoms with Crippen molar-refractivity contribution in [1.82, 2.24) is 24.2 Å². The molecule has 4 aromatic rings. The van der Waals surface area contributed by atoms with Crippen LogP contribution in [0.2, 0.25) is 0 Å². The lowest BCUT2D eigenvalue weighted by Gasteiger charge is -2.34. The number of benzene rings is 1. The second-order valence-electron chi connectivity index (χ2n) is 7.07. The fraction of sp³-hybridized carbons (Fsp3) is 0.286. The standard InChI is InChI=1S/C21H21N5OS2/c27-20(15-28-21-23-17-5-1-2-6-18(17)29-21)25-11-9-24(10-12-25)14-16-13-22-19-7-3-4-8-26(16)19/h1-8,13H,9-12,14-15H2. The zero-order chi connectivity index (χ0) is 19.6. The molecule has 6 nitrogen and oxygen atoms in total. The Labute approximate surface area is 177 Å². The molecule has 3 aromatic heterocycles. The number of piperazine rings is 1. The Bertz CT molecular complexity index is 1110. The molecule has 4 heterocycles. The van der Waals surface area contributed by atoms with Crippen molar-refractivity contribution in [2.75, 3.05) is 31.9 Å². The summed E-state index contributed by atoms with van der Waals surface area (Å²) in [4.78, 5) is 26.1. The topological polar surface area (TPSA) is 53.7 Å². The number of nitrogens with zero attached hydrogens (tertiary/aromatic N) is 5. The molecule has 0 spiro atoms. The van der Waals surface area contributed by atoms with Crippen LogP contribution in [0.4, 0.5) is 0 Å². The average Bonchev–Trinajstić information content (AvgIpc) is 3.36. The predicted octanol–water partition coefficient (Wildman–Crippen LogP) is 3.38. The van der Waals surface area contributed by atoms with Gasteiger partial charge in [0, 0.05) is 38.9 Å². The van der Waals surface area contributed by atoms with Crippen LogP contribution in [0.5, 0.6) is 0 Å². The highest BCUT2D eigenvalue weighted by Crippen LogP contribution is 2.29. The number of hydrogen-bond donors (Lipinski definition) is 0. The number of imidazole rings is 1. The lowest BCUT2D eigenvalue weighted by molar-refractivity contribution is -0.130. The van der Waals surface area contributed by atoms with Gasteiger partial charge in [0.05, 0.1) is 27.9 Å². The van der Waals surface area contributed by atoms with Gasteiger partial charge in [-0.25, -0.2) is 9.97 Å². The summed E-state index contributed by atoms with van der Waals surface area (Å²) in [6, 6.07) is 14.1. The number of rotatable bonds is 5. The normalized spacial score (nSPS) is 15.4. The minimum atomic E-state index is 0.198. The molecule has 0 radical (unpaired) electrons. The SMILES string of the molecule is O=C(CSc1nc2ccccc2s1)N1CCN(Cc2cnc3ccccn23)CC1. The number of amides is 1. The molecular formula is C21H21N5OS2. The van der Waals surface area contributed by atoms with Crippen molar-refractivity contribution in [2.45, 2.75) is 10.9 Å². The molecule has 0 unspecified atom stereocenters. The summed E-state index contributed by atoms with van der Waals surface area (Å²) >= 11 is 3.20. The Morgan fingerprint density at radius 3 is 2.76 bits per heavy atom. The highest BCUT2D eigenvalue weighted by atomic mass is 32.2. The lowest BCUT2D eigenvalue weighted by Crippen LogP contribution is -2.48. The molecule has 1 fully saturated rings. The third-order valence-electron chi connectivity index (χ3n) is 5.20. The van der Waals surface area contributed by atoms with Crippen molar-refractivity contribution in [3.63, 3.8) is 0 Å². The zero-order valence-electron chi connectivity index (χ0n) is 15.9. The van der Waals surface area contributed by atoms with Crippen molar-refractivity contribution in [2.24, 2.45) is 0 Å². The van der Waals surface area contributed by atoms with E-state index in [1.54, 1.807) is 23.1 Å². The molecule has 8 heteroatoms. The monoisotopic (exact) mass is 423 g/mol. The van der Waals surface area contributed by atoms with Gasteiger partial charge in [-0.3, -0.25) is 9.69 Å². The lowest BCUT2D eigenvalue weighted by atomic mass is 10.3. The Kier molecular flexibility index (Phi) is 5.22. The van der Waals surface area contributed by atoms with Gasteiger partial charge in [0.2, 0.25) is 5.91 Å². The van der Waals surface area contributed by atoms with Crippen molar-refractivity contribution in [1.29, 1.82) is 0 Å². The van der Waals surface area contributed by atoms with Crippen molar-refractivity contribution < 1.29 is 4.79 Å². The molecule has 0 aliphatic carbocycles. The summed E-state index contributed by atoms with van der Waals surface area (Å²) in [5.41, 5.74) is 3.17. The van der Waals surface area contributed by atoms with E-state index >= 15 is 0 Å². The van der Waals surface area contributed by atoms with E-state index in [9.17, 15) is 4.79 Å². The van der Waals surface area contributed by atoms with Gasteiger partial charge in [-0.2, -0.15) is 0 Å². The maximum Gasteiger partial charge on any atom is 0.233 e. The van der Waals surface area contributed by atoms with Crippen LogP contribution in [0, 0.1) is 0 Å². The van der Waals surface area contributed by atoms with E-state index in [4.69, 9.17) is 0 Å². The minimum absolute atomic E-state index is 0.198. The number of carbonyl (C=O) groups excluding carboxylic acids is 1. The van der Waals surface area contributed by atoms with E-state index in [-0.39, 0.29) is 5.91 Å². The average molecular weight is 424 g/mol. The smallest absolute Gasteiger partial charge is 0.233 e. The molecule has 29 heavy (non-hydrogen) atoms. The quantitative estimate of drug-likeness (QED) is 0.461. The molecule has 148 valence electrons. The number of hydrogen-bond acceptors (Lipinski definition) is 6. The zero-order valence-corrected chi connectivity index (χ0v) is 17.5. The Morgan fingerprint density at radius 2 is 1.90 bits per heavy atom. The van der Waals surface area contributed by atoms with Gasteiger partial charge in [0.1, 0.15) is 5.65 Å². The first kappa shape index (κ1) is 18.6. The van der Waals surface area contributed by atoms with Gasteiger partial charge >= 0.3 is 0 Å². The van der Waals surface area contributed by atoms with Crippen molar-refractivity contribution in [3.05, 3.63) is 60.6 Å². The van der Waals surface area contributed by atoms with Crippen LogP contribution in [0.1, 0.15) is 5.69 Å². The van der Waals surface area contributed by atoms with Gasteiger partial charge in [-0.15, -0.1) is 11.3 Å². The fourth-order valence-corrected chi connectivity index (χ4v) is 5.59. The van der Waals surface area contributed by atoms with E-state index in [0.717, 1.165) is 48.2 Å². The molecule has 0 bridgehead atoms. The summed E-state index contributed by atoms with van der Waals surface area (Å²) < 4.78 is 4.26. The van der Waals surface area contributed by atoms with Crippen molar-refractivity contribution >= 4 is 44.9 Å². The Morgan fingerprint density at radius 1 is 1.07 bits per heavy atom. The van der Waals surface area contributed by atoms with Gasteiger partial charge in [0.25, 0.3) is 0 Å². The molecule has 1 saturated heterocycles. The number of pyridine rings is 1. The predicted molar refractivity (Wildman–Crippen MR) is 117 cm³/mol. The first-order valence-corrected chi connectivity index (χ1v) is 11.5. The summed E-state index contributed by atoms with van der Waals surface area (Å²) in [7, 11) is 0. The second-order valence-corrected chi connectivity index (χ2v) is 9.32. The number of fused-ring (bicyclic) bond motifs is 2. The molecule has 0 atom stereocenters. The molecular weight excluding hydrogens is 402 g/mol. The number of para-hydroxylation sites is 1. The van der Waals surface area contributed by atoms with Crippen molar-refractivity contribution in [3.8, 4) is 0 Å². The molecule has 0 N–H and O–H groups in total. The highest BCUT2D eigenvalue weighted by molar-refractivity contribution is 8.01. The van der Waals surface area contributed by atoms with Gasteiger partial charge < -0.3 is 9.30 Å². The Balaban J connectivity index is 1.13. The Hall–Kier alpha value is -2.42. The van der Waals surface area contributed by atoms with E-state index in [0.29, 0.717) is 5.75 Å². The maximum atomic E-state index is 12.6. The molecule has 1 aliphatic rings. The number of thiazole rings is 1. The van der Waals surface area contributed by atoms with E-state index in [1.807, 2.05) is 47.5 Å². The summed E-state index contributed by atoms with van der Waals surface area (Å²) in [6.45, 7) is 4.18. The first-order valence-electron chi connectivity index (χ1n) is 9.66. The fourth-order valence-electron chi connectivity index (χ4n) is 3.61. The molecule has 1 aliphatic heterocycles. The molecule has 1 amide bonds. The number of thioether (sulfide) groups is 1. The molecule has 1 aromatic carbocycles. The largest absolute Gasteiger partial charge is 0.339 e. The van der Waals surface area contributed by atoms with Crippen LogP contribution in [0.3, 0.4) is 0 Å².